The minimum Gasteiger partial charge on any atom is -0.469 e. The third-order valence-electron chi connectivity index (χ3n) is 3.24. The summed E-state index contributed by atoms with van der Waals surface area (Å²) < 4.78 is 5.23. The summed E-state index contributed by atoms with van der Waals surface area (Å²) in [6.45, 7) is 4.32. The van der Waals surface area contributed by atoms with Crippen molar-refractivity contribution in [2.75, 3.05) is 12.8 Å². The van der Waals surface area contributed by atoms with Crippen LogP contribution in [0.25, 0.3) is 0 Å². The van der Waals surface area contributed by atoms with Gasteiger partial charge in [0.05, 0.1) is 6.26 Å². The molecule has 2 N–H and O–H groups in total. The Bertz CT molecular complexity index is 602. The molecule has 0 aliphatic carbocycles. The third kappa shape index (κ3) is 2.78. The molecule has 0 radical (unpaired) electrons. The van der Waals surface area contributed by atoms with Gasteiger partial charge in [0.2, 0.25) is 0 Å². The molecular weight excluding hydrogens is 240 g/mol. The van der Waals surface area contributed by atoms with Crippen molar-refractivity contribution in [3.63, 3.8) is 0 Å². The van der Waals surface area contributed by atoms with Crippen molar-refractivity contribution in [1.82, 2.24) is 4.90 Å². The van der Waals surface area contributed by atoms with E-state index in [1.807, 2.05) is 26.0 Å². The van der Waals surface area contributed by atoms with Gasteiger partial charge in [0.25, 0.3) is 5.91 Å². The Balaban J connectivity index is 2.15. The van der Waals surface area contributed by atoms with Crippen LogP contribution in [0.4, 0.5) is 5.69 Å². The summed E-state index contributed by atoms with van der Waals surface area (Å²) in [5.74, 6) is 0.817. The van der Waals surface area contributed by atoms with Gasteiger partial charge < -0.3 is 15.1 Å². The summed E-state index contributed by atoms with van der Waals surface area (Å²) >= 11 is 0. The van der Waals surface area contributed by atoms with E-state index in [1.54, 1.807) is 30.3 Å². The van der Waals surface area contributed by atoms with Crippen molar-refractivity contribution in [3.8, 4) is 0 Å². The van der Waals surface area contributed by atoms with Gasteiger partial charge in [-0.05, 0) is 43.7 Å². The van der Waals surface area contributed by atoms with Crippen molar-refractivity contribution in [1.29, 1.82) is 0 Å². The van der Waals surface area contributed by atoms with Crippen molar-refractivity contribution < 1.29 is 9.21 Å². The predicted octanol–water partition coefficient (Wildman–Crippen LogP) is 2.75. The first-order chi connectivity index (χ1) is 8.99. The number of carbonyl (C=O) groups excluding carboxylic acids is 1. The van der Waals surface area contributed by atoms with Crippen molar-refractivity contribution >= 4 is 11.6 Å². The maximum Gasteiger partial charge on any atom is 0.253 e. The number of hydrogen-bond donors (Lipinski definition) is 1. The molecule has 2 aromatic rings. The topological polar surface area (TPSA) is 59.5 Å². The van der Waals surface area contributed by atoms with Gasteiger partial charge in [-0.2, -0.15) is 0 Å². The van der Waals surface area contributed by atoms with Crippen molar-refractivity contribution in [2.24, 2.45) is 0 Å². The Kier molecular flexibility index (Phi) is 3.60. The molecule has 19 heavy (non-hydrogen) atoms. The zero-order valence-electron chi connectivity index (χ0n) is 11.4. The molecule has 0 atom stereocenters. The molecule has 1 aromatic carbocycles. The molecule has 1 heterocycles. The molecule has 0 saturated carbocycles. The van der Waals surface area contributed by atoms with Crippen molar-refractivity contribution in [2.45, 2.75) is 20.4 Å². The number of furan rings is 1. The first-order valence-corrected chi connectivity index (χ1v) is 6.13. The highest BCUT2D eigenvalue weighted by molar-refractivity contribution is 5.94. The van der Waals surface area contributed by atoms with Gasteiger partial charge in [0.15, 0.2) is 0 Å². The Morgan fingerprint density at radius 2 is 2.05 bits per heavy atom. The molecule has 0 bridgehead atoms. The van der Waals surface area contributed by atoms with Gasteiger partial charge in [-0.3, -0.25) is 4.79 Å². The van der Waals surface area contributed by atoms with Crippen LogP contribution in [0.2, 0.25) is 0 Å². The minimum atomic E-state index is -0.0244. The smallest absolute Gasteiger partial charge is 0.253 e. The number of carbonyl (C=O) groups is 1. The van der Waals surface area contributed by atoms with E-state index in [-0.39, 0.29) is 5.91 Å². The summed E-state index contributed by atoms with van der Waals surface area (Å²) in [5, 5.41) is 0. The zero-order chi connectivity index (χ0) is 14.0. The van der Waals surface area contributed by atoms with Crippen LogP contribution in [0, 0.1) is 13.8 Å². The molecule has 0 fully saturated rings. The van der Waals surface area contributed by atoms with Crippen LogP contribution >= 0.6 is 0 Å². The first kappa shape index (κ1) is 13.2. The Hall–Kier alpha value is -2.23. The highest BCUT2D eigenvalue weighted by Gasteiger charge is 2.14. The lowest BCUT2D eigenvalue weighted by Crippen LogP contribution is -2.26. The average molecular weight is 258 g/mol. The highest BCUT2D eigenvalue weighted by atomic mass is 16.3. The van der Waals surface area contributed by atoms with E-state index in [9.17, 15) is 4.79 Å². The average Bonchev–Trinajstić information content (AvgIpc) is 2.77. The lowest BCUT2D eigenvalue weighted by molar-refractivity contribution is 0.0784. The van der Waals surface area contributed by atoms with Gasteiger partial charge in [0.1, 0.15) is 5.76 Å². The van der Waals surface area contributed by atoms with E-state index < -0.39 is 0 Å². The standard InChI is InChI=1S/C15H18N2O2/c1-10-8-12(4-5-14(10)16)15(18)17(3)9-13-6-7-19-11(13)2/h4-8H,9,16H2,1-3H3. The molecule has 100 valence electrons. The molecule has 2 rings (SSSR count). The van der Waals surface area contributed by atoms with Crippen LogP contribution < -0.4 is 5.73 Å². The fourth-order valence-corrected chi connectivity index (χ4v) is 1.93. The summed E-state index contributed by atoms with van der Waals surface area (Å²) in [4.78, 5) is 14.0. The van der Waals surface area contributed by atoms with Crippen LogP contribution in [0.1, 0.15) is 27.2 Å². The number of benzene rings is 1. The number of nitrogen functional groups attached to an aromatic ring is 1. The third-order valence-corrected chi connectivity index (χ3v) is 3.24. The van der Waals surface area contributed by atoms with E-state index in [1.165, 1.54) is 0 Å². The van der Waals surface area contributed by atoms with Crippen LogP contribution in [0.15, 0.2) is 34.9 Å². The predicted molar refractivity (Wildman–Crippen MR) is 74.8 cm³/mol. The van der Waals surface area contributed by atoms with Crippen LogP contribution in [-0.4, -0.2) is 17.9 Å². The molecule has 0 spiro atoms. The number of rotatable bonds is 3. The minimum absolute atomic E-state index is 0.0244. The van der Waals surface area contributed by atoms with Crippen LogP contribution in [-0.2, 0) is 6.54 Å². The summed E-state index contributed by atoms with van der Waals surface area (Å²) in [5.41, 5.74) is 9.04. The lowest BCUT2D eigenvalue weighted by atomic mass is 10.1. The van der Waals surface area contributed by atoms with E-state index in [0.717, 1.165) is 16.9 Å². The van der Waals surface area contributed by atoms with Gasteiger partial charge >= 0.3 is 0 Å². The fourth-order valence-electron chi connectivity index (χ4n) is 1.93. The second kappa shape index (κ2) is 5.18. The summed E-state index contributed by atoms with van der Waals surface area (Å²) in [6.07, 6.45) is 1.64. The first-order valence-electron chi connectivity index (χ1n) is 6.13. The summed E-state index contributed by atoms with van der Waals surface area (Å²) in [6, 6.07) is 7.21. The number of hydrogen-bond acceptors (Lipinski definition) is 3. The van der Waals surface area contributed by atoms with Crippen LogP contribution in [0.5, 0.6) is 0 Å². The molecule has 0 aliphatic heterocycles. The maximum absolute atomic E-state index is 12.3. The van der Waals surface area contributed by atoms with Crippen LogP contribution in [0.3, 0.4) is 0 Å². The van der Waals surface area contributed by atoms with E-state index in [4.69, 9.17) is 10.2 Å². The fraction of sp³-hybridized carbons (Fsp3) is 0.267. The van der Waals surface area contributed by atoms with E-state index >= 15 is 0 Å². The van der Waals surface area contributed by atoms with Gasteiger partial charge in [-0.25, -0.2) is 0 Å². The molecule has 0 unspecified atom stereocenters. The van der Waals surface area contributed by atoms with Crippen molar-refractivity contribution in [3.05, 3.63) is 53.0 Å². The molecule has 0 aliphatic rings. The monoisotopic (exact) mass is 258 g/mol. The number of nitrogens with zero attached hydrogens (tertiary/aromatic N) is 1. The lowest BCUT2D eigenvalue weighted by Gasteiger charge is -2.17. The Morgan fingerprint density at radius 1 is 1.32 bits per heavy atom. The Morgan fingerprint density at radius 3 is 2.63 bits per heavy atom. The molecule has 4 heteroatoms. The van der Waals surface area contributed by atoms with Gasteiger partial charge in [-0.15, -0.1) is 0 Å². The SMILES string of the molecule is Cc1cc(C(=O)N(C)Cc2ccoc2C)ccc1N. The number of aryl methyl sites for hydroxylation is 2. The number of anilines is 1. The van der Waals surface area contributed by atoms with Gasteiger partial charge in [0, 0.05) is 30.4 Å². The highest BCUT2D eigenvalue weighted by Crippen LogP contribution is 2.16. The van der Waals surface area contributed by atoms with Gasteiger partial charge in [-0.1, -0.05) is 0 Å². The zero-order valence-corrected chi connectivity index (χ0v) is 11.4. The Labute approximate surface area is 112 Å². The maximum atomic E-state index is 12.3. The molecular formula is C15H18N2O2. The van der Waals surface area contributed by atoms with E-state index in [2.05, 4.69) is 0 Å². The molecule has 1 aromatic heterocycles. The normalized spacial score (nSPS) is 10.5. The quantitative estimate of drug-likeness (QED) is 0.861. The second-order valence-electron chi connectivity index (χ2n) is 4.73. The largest absolute Gasteiger partial charge is 0.469 e. The number of nitrogens with two attached hydrogens (primary N) is 1. The number of amides is 1. The molecule has 4 nitrogen and oxygen atoms in total. The van der Waals surface area contributed by atoms with E-state index in [0.29, 0.717) is 17.8 Å². The summed E-state index contributed by atoms with van der Waals surface area (Å²) in [7, 11) is 1.78. The second-order valence-corrected chi connectivity index (χ2v) is 4.73. The molecule has 1 amide bonds. The molecule has 0 saturated heterocycles.